The summed E-state index contributed by atoms with van der Waals surface area (Å²) >= 11 is 0. The van der Waals surface area contributed by atoms with E-state index >= 15 is 0 Å². The van der Waals surface area contributed by atoms with Crippen molar-refractivity contribution in [1.29, 1.82) is 0 Å². The van der Waals surface area contributed by atoms with Crippen molar-refractivity contribution in [3.8, 4) is 0 Å². The number of carbonyl (C=O) groups excluding carboxylic acids is 1. The smallest absolute Gasteiger partial charge is 0.305 e. The van der Waals surface area contributed by atoms with E-state index in [1.165, 1.54) is 0 Å². The highest BCUT2D eigenvalue weighted by Gasteiger charge is 2.28. The first-order valence-corrected chi connectivity index (χ1v) is 6.82. The molecule has 1 aliphatic rings. The number of rotatable bonds is 8. The van der Waals surface area contributed by atoms with E-state index in [4.69, 9.17) is 14.6 Å². The fraction of sp³-hybridized carbons (Fsp3) is 0.846. The van der Waals surface area contributed by atoms with Crippen LogP contribution in [0, 0.1) is 0 Å². The Hall–Kier alpha value is -1.14. The lowest BCUT2D eigenvalue weighted by Gasteiger charge is -2.34. The number of hydrogen-bond acceptors (Lipinski definition) is 4. The van der Waals surface area contributed by atoms with Crippen molar-refractivity contribution >= 4 is 11.9 Å². The summed E-state index contributed by atoms with van der Waals surface area (Å²) in [4.78, 5) is 24.3. The molecule has 1 saturated heterocycles. The lowest BCUT2D eigenvalue weighted by Crippen LogP contribution is -2.50. The molecule has 0 aliphatic carbocycles. The lowest BCUT2D eigenvalue weighted by atomic mass is 10.1. The molecule has 1 fully saturated rings. The molecule has 6 heteroatoms. The van der Waals surface area contributed by atoms with E-state index in [-0.39, 0.29) is 31.6 Å². The van der Waals surface area contributed by atoms with Gasteiger partial charge in [0, 0.05) is 13.2 Å². The summed E-state index contributed by atoms with van der Waals surface area (Å²) in [6.45, 7) is 3.89. The maximum Gasteiger partial charge on any atom is 0.305 e. The predicted molar refractivity (Wildman–Crippen MR) is 68.9 cm³/mol. The van der Waals surface area contributed by atoms with Crippen LogP contribution in [-0.2, 0) is 19.1 Å². The van der Waals surface area contributed by atoms with E-state index in [1.54, 1.807) is 4.90 Å². The van der Waals surface area contributed by atoms with Gasteiger partial charge in [0.1, 0.15) is 6.61 Å². The molecular weight excluding hydrogens is 250 g/mol. The normalized spacial score (nSPS) is 19.4. The number of carboxylic acid groups (broad SMARTS) is 1. The van der Waals surface area contributed by atoms with E-state index in [0.29, 0.717) is 19.8 Å². The van der Waals surface area contributed by atoms with Crippen LogP contribution in [0.1, 0.15) is 32.6 Å². The van der Waals surface area contributed by atoms with Gasteiger partial charge in [-0.1, -0.05) is 19.8 Å². The van der Waals surface area contributed by atoms with Crippen LogP contribution in [0.5, 0.6) is 0 Å². The molecule has 1 rings (SSSR count). The summed E-state index contributed by atoms with van der Waals surface area (Å²) in [6, 6.07) is -0.377. The molecule has 0 aromatic rings. The summed E-state index contributed by atoms with van der Waals surface area (Å²) in [7, 11) is 0. The van der Waals surface area contributed by atoms with Crippen molar-refractivity contribution in [3.63, 3.8) is 0 Å². The number of aliphatic carboxylic acids is 1. The first-order valence-electron chi connectivity index (χ1n) is 6.82. The number of nitrogens with zero attached hydrogens (tertiary/aromatic N) is 1. The van der Waals surface area contributed by atoms with Gasteiger partial charge in [-0.2, -0.15) is 0 Å². The van der Waals surface area contributed by atoms with Crippen LogP contribution in [-0.4, -0.2) is 60.9 Å². The van der Waals surface area contributed by atoms with Gasteiger partial charge in [0.15, 0.2) is 0 Å². The summed E-state index contributed by atoms with van der Waals surface area (Å²) < 4.78 is 10.5. The third-order valence-electron chi connectivity index (χ3n) is 3.08. The van der Waals surface area contributed by atoms with E-state index in [9.17, 15) is 9.59 Å². The second kappa shape index (κ2) is 8.87. The maximum absolute atomic E-state index is 12.0. The molecule has 0 aromatic carbocycles. The third kappa shape index (κ3) is 6.02. The molecule has 1 aliphatic heterocycles. The first kappa shape index (κ1) is 15.9. The van der Waals surface area contributed by atoms with Crippen molar-refractivity contribution in [2.24, 2.45) is 0 Å². The molecule has 0 spiro atoms. The third-order valence-corrected chi connectivity index (χ3v) is 3.08. The minimum atomic E-state index is -0.919. The molecule has 0 aromatic heterocycles. The van der Waals surface area contributed by atoms with Crippen molar-refractivity contribution in [1.82, 2.24) is 4.90 Å². The number of ether oxygens (including phenoxy) is 2. The second-order valence-corrected chi connectivity index (χ2v) is 4.67. The van der Waals surface area contributed by atoms with Gasteiger partial charge in [-0.25, -0.2) is 0 Å². The molecule has 1 unspecified atom stereocenters. The number of unbranched alkanes of at least 4 members (excludes halogenated alkanes) is 2. The number of amides is 1. The molecule has 1 atom stereocenters. The lowest BCUT2D eigenvalue weighted by molar-refractivity contribution is -0.149. The van der Waals surface area contributed by atoms with Crippen LogP contribution in [0.2, 0.25) is 0 Å². The van der Waals surface area contributed by atoms with Crippen LogP contribution in [0.25, 0.3) is 0 Å². The van der Waals surface area contributed by atoms with Gasteiger partial charge in [0.05, 0.1) is 25.7 Å². The highest BCUT2D eigenvalue weighted by atomic mass is 16.5. The molecule has 0 radical (unpaired) electrons. The Kier molecular flexibility index (Phi) is 7.43. The Morgan fingerprint density at radius 3 is 2.89 bits per heavy atom. The van der Waals surface area contributed by atoms with Crippen molar-refractivity contribution in [2.75, 3.05) is 33.0 Å². The minimum Gasteiger partial charge on any atom is -0.481 e. The number of carboxylic acids is 1. The summed E-state index contributed by atoms with van der Waals surface area (Å²) in [5.41, 5.74) is 0. The fourth-order valence-electron chi connectivity index (χ4n) is 2.05. The van der Waals surface area contributed by atoms with E-state index in [1.807, 2.05) is 0 Å². The Balaban J connectivity index is 2.32. The summed E-state index contributed by atoms with van der Waals surface area (Å²) in [5, 5.41) is 8.81. The zero-order valence-electron chi connectivity index (χ0n) is 11.5. The molecule has 6 nitrogen and oxygen atoms in total. The van der Waals surface area contributed by atoms with Crippen LogP contribution < -0.4 is 0 Å². The summed E-state index contributed by atoms with van der Waals surface area (Å²) in [6.07, 6.45) is 3.07. The number of hydrogen-bond donors (Lipinski definition) is 1. The average molecular weight is 273 g/mol. The highest BCUT2D eigenvalue weighted by molar-refractivity contribution is 5.79. The molecule has 1 heterocycles. The minimum absolute atomic E-state index is 0.0276. The largest absolute Gasteiger partial charge is 0.481 e. The van der Waals surface area contributed by atoms with Gasteiger partial charge in [0.25, 0.3) is 0 Å². The van der Waals surface area contributed by atoms with E-state index in [0.717, 1.165) is 19.3 Å². The predicted octanol–water partition coefficient (Wildman–Crippen LogP) is 0.895. The maximum atomic E-state index is 12.0. The molecule has 1 N–H and O–H groups in total. The zero-order chi connectivity index (χ0) is 14.1. The quantitative estimate of drug-likeness (QED) is 0.665. The second-order valence-electron chi connectivity index (χ2n) is 4.67. The standard InChI is InChI=1S/C13H23NO5/c1-2-3-4-6-18-10-12(15)14-5-7-19-9-11(14)8-13(16)17/h11H,2-10H2,1H3,(H,16,17). The number of morpholine rings is 1. The SMILES string of the molecule is CCCCCOCC(=O)N1CCOCC1CC(=O)O. The van der Waals surface area contributed by atoms with Crippen LogP contribution in [0.3, 0.4) is 0 Å². The molecular formula is C13H23NO5. The van der Waals surface area contributed by atoms with Crippen LogP contribution in [0.15, 0.2) is 0 Å². The molecule has 110 valence electrons. The van der Waals surface area contributed by atoms with Crippen molar-refractivity contribution in [2.45, 2.75) is 38.6 Å². The van der Waals surface area contributed by atoms with E-state index in [2.05, 4.69) is 6.92 Å². The zero-order valence-corrected chi connectivity index (χ0v) is 11.5. The van der Waals surface area contributed by atoms with Crippen molar-refractivity contribution < 1.29 is 24.2 Å². The monoisotopic (exact) mass is 273 g/mol. The van der Waals surface area contributed by atoms with Gasteiger partial charge in [-0.15, -0.1) is 0 Å². The topological polar surface area (TPSA) is 76.1 Å². The fourth-order valence-corrected chi connectivity index (χ4v) is 2.05. The molecule has 19 heavy (non-hydrogen) atoms. The van der Waals surface area contributed by atoms with E-state index < -0.39 is 5.97 Å². The Labute approximate surface area is 113 Å². The van der Waals surface area contributed by atoms with Crippen LogP contribution >= 0.6 is 0 Å². The molecule has 0 bridgehead atoms. The van der Waals surface area contributed by atoms with Gasteiger partial charge >= 0.3 is 5.97 Å². The van der Waals surface area contributed by atoms with Gasteiger partial charge in [-0.05, 0) is 6.42 Å². The first-order chi connectivity index (χ1) is 9.15. The number of carbonyl (C=O) groups is 2. The van der Waals surface area contributed by atoms with Gasteiger partial charge < -0.3 is 19.5 Å². The molecule has 1 amide bonds. The van der Waals surface area contributed by atoms with Gasteiger partial charge in [0.2, 0.25) is 5.91 Å². The molecule has 0 saturated carbocycles. The highest BCUT2D eigenvalue weighted by Crippen LogP contribution is 2.11. The Morgan fingerprint density at radius 2 is 2.21 bits per heavy atom. The Morgan fingerprint density at radius 1 is 1.42 bits per heavy atom. The van der Waals surface area contributed by atoms with Crippen LogP contribution in [0.4, 0.5) is 0 Å². The summed E-state index contributed by atoms with van der Waals surface area (Å²) in [5.74, 6) is -1.07. The Bertz CT molecular complexity index is 295. The van der Waals surface area contributed by atoms with Crippen molar-refractivity contribution in [3.05, 3.63) is 0 Å². The van der Waals surface area contributed by atoms with Gasteiger partial charge in [-0.3, -0.25) is 9.59 Å². The average Bonchev–Trinajstić information content (AvgIpc) is 2.38.